The lowest BCUT2D eigenvalue weighted by Crippen LogP contribution is -1.93. The second-order valence-corrected chi connectivity index (χ2v) is 8.85. The minimum absolute atomic E-state index is 0.871. The second-order valence-electron chi connectivity index (χ2n) is 8.85. The maximum absolute atomic E-state index is 5.46. The van der Waals surface area contributed by atoms with Crippen LogP contribution in [0.1, 0.15) is 0 Å². The van der Waals surface area contributed by atoms with Crippen LogP contribution in [0.5, 0.6) is 5.75 Å². The van der Waals surface area contributed by atoms with Crippen molar-refractivity contribution in [3.05, 3.63) is 115 Å². The van der Waals surface area contributed by atoms with Crippen LogP contribution in [0.2, 0.25) is 0 Å². The summed E-state index contributed by atoms with van der Waals surface area (Å²) in [5, 5.41) is 5.19. The first-order valence-corrected chi connectivity index (χ1v) is 11.7. The average molecular weight is 435 g/mol. The van der Waals surface area contributed by atoms with Crippen LogP contribution in [0, 0.1) is 0 Å². The fraction of sp³-hybridized carbons (Fsp3) is 0.0303. The normalized spacial score (nSPS) is 11.7. The minimum Gasteiger partial charge on any atom is -0.497 e. The maximum Gasteiger partial charge on any atom is 0.118 e. The molecule has 0 atom stereocenters. The average Bonchev–Trinajstić information content (AvgIpc) is 3.23. The van der Waals surface area contributed by atoms with E-state index in [0.717, 1.165) is 5.75 Å². The first-order valence-electron chi connectivity index (χ1n) is 11.7. The van der Waals surface area contributed by atoms with Gasteiger partial charge in [-0.15, -0.1) is 0 Å². The molecule has 0 aromatic heterocycles. The van der Waals surface area contributed by atoms with Crippen LogP contribution in [-0.4, -0.2) is 7.11 Å². The minimum atomic E-state index is 0.871. The summed E-state index contributed by atoms with van der Waals surface area (Å²) in [6.07, 6.45) is 0. The van der Waals surface area contributed by atoms with E-state index >= 15 is 0 Å². The molecule has 0 N–H and O–H groups in total. The molecule has 1 heteroatoms. The van der Waals surface area contributed by atoms with E-state index in [1.54, 1.807) is 7.11 Å². The van der Waals surface area contributed by atoms with E-state index in [4.69, 9.17) is 4.74 Å². The molecule has 6 aromatic carbocycles. The van der Waals surface area contributed by atoms with E-state index in [-0.39, 0.29) is 0 Å². The molecule has 1 aliphatic carbocycles. The Hall–Kier alpha value is -4.36. The summed E-state index contributed by atoms with van der Waals surface area (Å²) in [6, 6.07) is 41.6. The number of hydrogen-bond donors (Lipinski definition) is 0. The molecule has 0 bridgehead atoms. The Balaban J connectivity index is 1.72. The lowest BCUT2D eigenvalue weighted by atomic mass is 9.82. The summed E-state index contributed by atoms with van der Waals surface area (Å²) in [7, 11) is 1.72. The molecule has 7 rings (SSSR count). The van der Waals surface area contributed by atoms with Crippen molar-refractivity contribution in [1.29, 1.82) is 0 Å². The summed E-state index contributed by atoms with van der Waals surface area (Å²) in [4.78, 5) is 0. The first kappa shape index (κ1) is 19.1. The van der Waals surface area contributed by atoms with Gasteiger partial charge in [-0.1, -0.05) is 103 Å². The lowest BCUT2D eigenvalue weighted by Gasteiger charge is -2.20. The van der Waals surface area contributed by atoms with Gasteiger partial charge in [-0.2, -0.15) is 0 Å². The zero-order chi connectivity index (χ0) is 22.6. The van der Waals surface area contributed by atoms with Crippen molar-refractivity contribution in [2.45, 2.75) is 0 Å². The molecule has 0 spiro atoms. The van der Waals surface area contributed by atoms with E-state index in [9.17, 15) is 0 Å². The fourth-order valence-corrected chi connectivity index (χ4v) is 5.70. The van der Waals surface area contributed by atoms with Crippen molar-refractivity contribution >= 4 is 21.5 Å². The molecule has 1 nitrogen and oxygen atoms in total. The molecule has 34 heavy (non-hydrogen) atoms. The summed E-state index contributed by atoms with van der Waals surface area (Å²) in [5.74, 6) is 0.871. The highest BCUT2D eigenvalue weighted by Crippen LogP contribution is 2.57. The van der Waals surface area contributed by atoms with Gasteiger partial charge in [0.25, 0.3) is 0 Å². The Morgan fingerprint density at radius 2 is 0.971 bits per heavy atom. The Morgan fingerprint density at radius 3 is 1.53 bits per heavy atom. The zero-order valence-electron chi connectivity index (χ0n) is 18.9. The fourth-order valence-electron chi connectivity index (χ4n) is 5.70. The molecule has 0 fully saturated rings. The van der Waals surface area contributed by atoms with Crippen molar-refractivity contribution in [3.63, 3.8) is 0 Å². The number of rotatable bonds is 3. The number of benzene rings is 6. The molecule has 1 aliphatic rings. The molecule has 0 saturated carbocycles. The summed E-state index contributed by atoms with van der Waals surface area (Å²) < 4.78 is 5.46. The molecular formula is C33H22O. The molecule has 0 unspecified atom stereocenters. The monoisotopic (exact) mass is 434 g/mol. The molecule has 0 heterocycles. The van der Waals surface area contributed by atoms with Crippen LogP contribution in [0.4, 0.5) is 0 Å². The van der Waals surface area contributed by atoms with Crippen LogP contribution < -0.4 is 4.74 Å². The summed E-state index contributed by atoms with van der Waals surface area (Å²) in [5.41, 5.74) is 10.4. The SMILES string of the molecule is COc1ccc(-c2c3c(c(-c4ccccc4)c4ccccc24)-c2cccc4cccc-3c24)cc1. The Bertz CT molecular complexity index is 1710. The number of ether oxygens (including phenoxy) is 1. The van der Waals surface area contributed by atoms with Crippen LogP contribution in [0.25, 0.3) is 66.1 Å². The first-order chi connectivity index (χ1) is 16.8. The standard InChI is InChI=1S/C33H22O/c1-34-24-19-17-23(18-20-24)31-26-14-6-5-13-25(26)30(22-9-3-2-4-10-22)32-27-15-7-11-21-12-8-16-28(29(21)27)33(31)32/h2-20H,1H3. The lowest BCUT2D eigenvalue weighted by molar-refractivity contribution is 0.415. The van der Waals surface area contributed by atoms with E-state index in [1.165, 1.54) is 66.1 Å². The summed E-state index contributed by atoms with van der Waals surface area (Å²) >= 11 is 0. The molecule has 0 aliphatic heterocycles. The van der Waals surface area contributed by atoms with Gasteiger partial charge in [0.05, 0.1) is 7.11 Å². The highest BCUT2D eigenvalue weighted by atomic mass is 16.5. The second kappa shape index (κ2) is 7.33. The third kappa shape index (κ3) is 2.61. The third-order valence-electron chi connectivity index (χ3n) is 7.10. The number of methoxy groups -OCH3 is 1. The molecular weight excluding hydrogens is 412 g/mol. The van der Waals surface area contributed by atoms with Crippen LogP contribution in [0.15, 0.2) is 115 Å². The maximum atomic E-state index is 5.46. The number of hydrogen-bond acceptors (Lipinski definition) is 1. The molecule has 0 amide bonds. The van der Waals surface area contributed by atoms with Crippen molar-refractivity contribution < 1.29 is 4.74 Å². The highest BCUT2D eigenvalue weighted by molar-refractivity contribution is 6.27. The van der Waals surface area contributed by atoms with E-state index in [2.05, 4.69) is 115 Å². The van der Waals surface area contributed by atoms with Gasteiger partial charge in [-0.3, -0.25) is 0 Å². The molecule has 6 aromatic rings. The van der Waals surface area contributed by atoms with Crippen molar-refractivity contribution in [3.8, 4) is 50.3 Å². The molecule has 160 valence electrons. The smallest absolute Gasteiger partial charge is 0.118 e. The van der Waals surface area contributed by atoms with Gasteiger partial charge in [0.1, 0.15) is 5.75 Å². The number of fused-ring (bicyclic) bond motifs is 4. The summed E-state index contributed by atoms with van der Waals surface area (Å²) in [6.45, 7) is 0. The van der Waals surface area contributed by atoms with Crippen LogP contribution in [-0.2, 0) is 0 Å². The van der Waals surface area contributed by atoms with Gasteiger partial charge in [-0.05, 0) is 78.2 Å². The van der Waals surface area contributed by atoms with Crippen LogP contribution in [0.3, 0.4) is 0 Å². The van der Waals surface area contributed by atoms with E-state index in [0.29, 0.717) is 0 Å². The van der Waals surface area contributed by atoms with E-state index < -0.39 is 0 Å². The Labute approximate surface area is 198 Å². The quantitative estimate of drug-likeness (QED) is 0.270. The van der Waals surface area contributed by atoms with Gasteiger partial charge in [0.2, 0.25) is 0 Å². The third-order valence-corrected chi connectivity index (χ3v) is 7.10. The molecule has 0 saturated heterocycles. The predicted octanol–water partition coefficient (Wildman–Crippen LogP) is 8.98. The topological polar surface area (TPSA) is 9.23 Å². The Morgan fingerprint density at radius 1 is 0.441 bits per heavy atom. The van der Waals surface area contributed by atoms with Crippen molar-refractivity contribution in [2.24, 2.45) is 0 Å². The van der Waals surface area contributed by atoms with E-state index in [1.807, 2.05) is 0 Å². The van der Waals surface area contributed by atoms with Gasteiger partial charge in [0, 0.05) is 0 Å². The zero-order valence-corrected chi connectivity index (χ0v) is 18.9. The van der Waals surface area contributed by atoms with Gasteiger partial charge in [-0.25, -0.2) is 0 Å². The predicted molar refractivity (Wildman–Crippen MR) is 143 cm³/mol. The largest absolute Gasteiger partial charge is 0.497 e. The van der Waals surface area contributed by atoms with Crippen molar-refractivity contribution in [2.75, 3.05) is 7.11 Å². The highest BCUT2D eigenvalue weighted by Gasteiger charge is 2.30. The Kier molecular flexibility index (Phi) is 4.13. The molecule has 0 radical (unpaired) electrons. The van der Waals surface area contributed by atoms with Crippen molar-refractivity contribution in [1.82, 2.24) is 0 Å². The van der Waals surface area contributed by atoms with Crippen LogP contribution >= 0.6 is 0 Å². The van der Waals surface area contributed by atoms with Gasteiger partial charge < -0.3 is 4.74 Å². The van der Waals surface area contributed by atoms with Gasteiger partial charge in [0.15, 0.2) is 0 Å². The van der Waals surface area contributed by atoms with Gasteiger partial charge >= 0.3 is 0 Å².